The summed E-state index contributed by atoms with van der Waals surface area (Å²) in [6, 6.07) is 0. The molecule has 0 unspecified atom stereocenters. The van der Waals surface area contributed by atoms with Crippen molar-refractivity contribution >= 4 is 15.9 Å². The first kappa shape index (κ1) is 9.21. The molecule has 1 saturated carbocycles. The molecule has 0 N–H and O–H groups in total. The van der Waals surface area contributed by atoms with Gasteiger partial charge in [-0.2, -0.15) is 5.10 Å². The molecule has 1 aliphatic carbocycles. The van der Waals surface area contributed by atoms with Crippen LogP contribution in [0.15, 0.2) is 10.7 Å². The first-order chi connectivity index (χ1) is 6.27. The molecule has 0 atom stereocenters. The first-order valence-corrected chi connectivity index (χ1v) is 5.34. The Balaban J connectivity index is 1.84. The average molecular weight is 245 g/mol. The van der Waals surface area contributed by atoms with Gasteiger partial charge in [-0.15, -0.1) is 0 Å². The van der Waals surface area contributed by atoms with Crippen molar-refractivity contribution in [3.05, 3.63) is 16.4 Å². The molecule has 0 bridgehead atoms. The summed E-state index contributed by atoms with van der Waals surface area (Å²) in [5.41, 5.74) is 1.21. The third-order valence-electron chi connectivity index (χ3n) is 2.23. The van der Waals surface area contributed by atoms with Crippen LogP contribution in [0.1, 0.15) is 18.5 Å². The molecule has 1 aromatic rings. The lowest BCUT2D eigenvalue weighted by atomic mass is 10.3. The number of nitrogens with zero attached hydrogens (tertiary/aromatic N) is 2. The van der Waals surface area contributed by atoms with Crippen molar-refractivity contribution in [2.24, 2.45) is 7.05 Å². The molecule has 1 aliphatic rings. The molecule has 2 rings (SSSR count). The lowest BCUT2D eigenvalue weighted by molar-refractivity contribution is 0.121. The van der Waals surface area contributed by atoms with Crippen LogP contribution >= 0.6 is 15.9 Å². The van der Waals surface area contributed by atoms with Crippen LogP contribution in [0.4, 0.5) is 0 Å². The third-order valence-corrected chi connectivity index (χ3v) is 2.89. The Labute approximate surface area is 86.2 Å². The number of hydrogen-bond donors (Lipinski definition) is 0. The zero-order valence-electron chi connectivity index (χ0n) is 7.66. The fraction of sp³-hybridized carbons (Fsp3) is 0.667. The Morgan fingerprint density at radius 1 is 1.69 bits per heavy atom. The minimum Gasteiger partial charge on any atom is -0.378 e. The van der Waals surface area contributed by atoms with Crippen molar-refractivity contribution in [2.45, 2.75) is 25.4 Å². The van der Waals surface area contributed by atoms with Crippen LogP contribution < -0.4 is 0 Å². The standard InChI is InChI=1S/C9H13BrN2O/c1-12-9(8(10)6-11-12)4-5-13-7-2-3-7/h6-7H,2-5H2,1H3. The van der Waals surface area contributed by atoms with Crippen molar-refractivity contribution in [3.8, 4) is 0 Å². The van der Waals surface area contributed by atoms with E-state index < -0.39 is 0 Å². The highest BCUT2D eigenvalue weighted by Gasteiger charge is 2.21. The lowest BCUT2D eigenvalue weighted by Gasteiger charge is -2.03. The maximum Gasteiger partial charge on any atom is 0.0635 e. The Morgan fingerprint density at radius 3 is 3.00 bits per heavy atom. The van der Waals surface area contributed by atoms with Gasteiger partial charge in [-0.05, 0) is 28.8 Å². The molecule has 0 amide bonds. The fourth-order valence-corrected chi connectivity index (χ4v) is 1.82. The predicted molar refractivity (Wildman–Crippen MR) is 53.6 cm³/mol. The summed E-state index contributed by atoms with van der Waals surface area (Å²) in [6.45, 7) is 0.808. The normalized spacial score (nSPS) is 16.5. The van der Waals surface area contributed by atoms with Crippen LogP contribution in [0, 0.1) is 0 Å². The van der Waals surface area contributed by atoms with Crippen LogP contribution in [0.3, 0.4) is 0 Å². The monoisotopic (exact) mass is 244 g/mol. The van der Waals surface area contributed by atoms with E-state index in [4.69, 9.17) is 4.74 Å². The Kier molecular flexibility index (Phi) is 2.69. The molecule has 3 nitrogen and oxygen atoms in total. The van der Waals surface area contributed by atoms with E-state index in [2.05, 4.69) is 21.0 Å². The third kappa shape index (κ3) is 2.31. The highest BCUT2D eigenvalue weighted by atomic mass is 79.9. The number of aryl methyl sites for hydroxylation is 1. The van der Waals surface area contributed by atoms with E-state index in [1.165, 1.54) is 18.5 Å². The predicted octanol–water partition coefficient (Wildman–Crippen LogP) is 1.90. The van der Waals surface area contributed by atoms with Gasteiger partial charge in [0.25, 0.3) is 0 Å². The summed E-state index contributed by atoms with van der Waals surface area (Å²) >= 11 is 3.46. The lowest BCUT2D eigenvalue weighted by Crippen LogP contribution is -2.05. The molecule has 0 aromatic carbocycles. The van der Waals surface area contributed by atoms with Gasteiger partial charge in [0.05, 0.1) is 29.1 Å². The number of aromatic nitrogens is 2. The molecule has 0 saturated heterocycles. The largest absolute Gasteiger partial charge is 0.378 e. The molecule has 13 heavy (non-hydrogen) atoms. The summed E-state index contributed by atoms with van der Waals surface area (Å²) in [5, 5.41) is 4.14. The van der Waals surface area contributed by atoms with Gasteiger partial charge >= 0.3 is 0 Å². The van der Waals surface area contributed by atoms with Crippen LogP contribution in [0.5, 0.6) is 0 Å². The highest BCUT2D eigenvalue weighted by Crippen LogP contribution is 2.24. The number of hydrogen-bond acceptors (Lipinski definition) is 2. The van der Waals surface area contributed by atoms with Crippen molar-refractivity contribution in [2.75, 3.05) is 6.61 Å². The quantitative estimate of drug-likeness (QED) is 0.810. The van der Waals surface area contributed by atoms with Crippen LogP contribution in [-0.4, -0.2) is 22.5 Å². The van der Waals surface area contributed by atoms with E-state index in [1.807, 2.05) is 17.9 Å². The molecule has 0 aliphatic heterocycles. The Hall–Kier alpha value is -0.350. The molecular formula is C9H13BrN2O. The molecule has 4 heteroatoms. The summed E-state index contributed by atoms with van der Waals surface area (Å²) in [5.74, 6) is 0. The van der Waals surface area contributed by atoms with Gasteiger partial charge in [-0.3, -0.25) is 4.68 Å². The fourth-order valence-electron chi connectivity index (χ4n) is 1.27. The van der Waals surface area contributed by atoms with Gasteiger partial charge in [0, 0.05) is 13.5 Å². The summed E-state index contributed by atoms with van der Waals surface area (Å²) in [4.78, 5) is 0. The van der Waals surface area contributed by atoms with Gasteiger partial charge < -0.3 is 4.74 Å². The van der Waals surface area contributed by atoms with Crippen LogP contribution in [0.2, 0.25) is 0 Å². The molecule has 1 heterocycles. The average Bonchev–Trinajstić information content (AvgIpc) is 2.86. The van der Waals surface area contributed by atoms with E-state index in [9.17, 15) is 0 Å². The van der Waals surface area contributed by atoms with Gasteiger partial charge in [0.2, 0.25) is 0 Å². The topological polar surface area (TPSA) is 27.1 Å². The highest BCUT2D eigenvalue weighted by molar-refractivity contribution is 9.10. The minimum absolute atomic E-state index is 0.548. The van der Waals surface area contributed by atoms with E-state index >= 15 is 0 Å². The van der Waals surface area contributed by atoms with Crippen LogP contribution in [-0.2, 0) is 18.2 Å². The Morgan fingerprint density at radius 2 is 2.46 bits per heavy atom. The molecule has 72 valence electrons. The second-order valence-corrected chi connectivity index (χ2v) is 4.24. The summed E-state index contributed by atoms with van der Waals surface area (Å²) in [7, 11) is 1.96. The second kappa shape index (κ2) is 3.80. The molecule has 0 radical (unpaired) electrons. The van der Waals surface area contributed by atoms with Gasteiger partial charge in [-0.1, -0.05) is 0 Å². The van der Waals surface area contributed by atoms with E-state index in [1.54, 1.807) is 0 Å². The first-order valence-electron chi connectivity index (χ1n) is 4.55. The second-order valence-electron chi connectivity index (χ2n) is 3.38. The van der Waals surface area contributed by atoms with Crippen molar-refractivity contribution < 1.29 is 4.74 Å². The SMILES string of the molecule is Cn1ncc(Br)c1CCOC1CC1. The van der Waals surface area contributed by atoms with Gasteiger partial charge in [0.1, 0.15) is 0 Å². The maximum atomic E-state index is 5.57. The Bertz CT molecular complexity index is 274. The van der Waals surface area contributed by atoms with Crippen molar-refractivity contribution in [3.63, 3.8) is 0 Å². The number of rotatable bonds is 4. The number of halogens is 1. The molecule has 0 spiro atoms. The van der Waals surface area contributed by atoms with Gasteiger partial charge in [-0.25, -0.2) is 0 Å². The zero-order valence-corrected chi connectivity index (χ0v) is 9.25. The van der Waals surface area contributed by atoms with E-state index in [-0.39, 0.29) is 0 Å². The van der Waals surface area contributed by atoms with Crippen molar-refractivity contribution in [1.82, 2.24) is 9.78 Å². The summed E-state index contributed by atoms with van der Waals surface area (Å²) < 4.78 is 8.54. The zero-order chi connectivity index (χ0) is 9.26. The van der Waals surface area contributed by atoms with Gasteiger partial charge in [0.15, 0.2) is 0 Å². The smallest absolute Gasteiger partial charge is 0.0635 e. The van der Waals surface area contributed by atoms with E-state index in [0.717, 1.165) is 17.5 Å². The molecule has 1 aromatic heterocycles. The molecular weight excluding hydrogens is 232 g/mol. The number of ether oxygens (including phenoxy) is 1. The summed E-state index contributed by atoms with van der Waals surface area (Å²) in [6.07, 6.45) is 5.80. The molecule has 1 fully saturated rings. The maximum absolute atomic E-state index is 5.57. The van der Waals surface area contributed by atoms with E-state index in [0.29, 0.717) is 6.10 Å². The van der Waals surface area contributed by atoms with Crippen LogP contribution in [0.25, 0.3) is 0 Å². The minimum atomic E-state index is 0.548. The van der Waals surface area contributed by atoms with Crippen molar-refractivity contribution in [1.29, 1.82) is 0 Å².